The maximum atomic E-state index is 11.9. The van der Waals surface area contributed by atoms with Gasteiger partial charge in [0.2, 0.25) is 0 Å². The van der Waals surface area contributed by atoms with Crippen molar-refractivity contribution in [2.24, 2.45) is 0 Å². The van der Waals surface area contributed by atoms with Gasteiger partial charge in [0.1, 0.15) is 10.6 Å². The molecule has 0 atom stereocenters. The molecule has 1 rings (SSSR count). The van der Waals surface area contributed by atoms with Gasteiger partial charge in [0.25, 0.3) is 0 Å². The number of nitrogens with zero attached hydrogens (tertiary/aromatic N) is 1. The molecule has 0 aliphatic carbocycles. The van der Waals surface area contributed by atoms with E-state index in [4.69, 9.17) is 4.74 Å². The summed E-state index contributed by atoms with van der Waals surface area (Å²) in [4.78, 5) is 27.6. The van der Waals surface area contributed by atoms with Crippen molar-refractivity contribution in [3.8, 4) is 0 Å². The topological polar surface area (TPSA) is 56.3 Å². The lowest BCUT2D eigenvalue weighted by Gasteiger charge is -2.09. The number of carbonyl (C=O) groups is 2. The molecule has 0 amide bonds. The zero-order valence-corrected chi connectivity index (χ0v) is 12.3. The molecule has 0 N–H and O–H groups in total. The third kappa shape index (κ3) is 4.52. The third-order valence-corrected chi connectivity index (χ3v) is 2.96. The molecule has 0 aliphatic rings. The Labute approximate surface area is 117 Å². The van der Waals surface area contributed by atoms with Crippen molar-refractivity contribution in [1.29, 1.82) is 0 Å². The smallest absolute Gasteiger partial charge is 0.342 e. The van der Waals surface area contributed by atoms with E-state index in [0.29, 0.717) is 0 Å². The van der Waals surface area contributed by atoms with Gasteiger partial charge in [0, 0.05) is 11.8 Å². The Morgan fingerprint density at radius 3 is 2.63 bits per heavy atom. The predicted molar refractivity (Wildman–Crippen MR) is 75.9 cm³/mol. The number of Topliss-reactive ketones (excluding diaryl/α,β-unsaturated/α-hetero) is 1. The van der Waals surface area contributed by atoms with Gasteiger partial charge < -0.3 is 4.74 Å². The molecule has 0 fully saturated rings. The Bertz CT molecular complexity index is 509. The van der Waals surface area contributed by atoms with Crippen molar-refractivity contribution in [2.45, 2.75) is 31.9 Å². The molecule has 0 unspecified atom stereocenters. The van der Waals surface area contributed by atoms with Crippen LogP contribution in [0.25, 0.3) is 6.08 Å². The fraction of sp³-hybridized carbons (Fsp3) is 0.357. The van der Waals surface area contributed by atoms with Crippen LogP contribution in [0.1, 0.15) is 26.3 Å². The van der Waals surface area contributed by atoms with Crippen molar-refractivity contribution >= 4 is 29.6 Å². The highest BCUT2D eigenvalue weighted by Crippen LogP contribution is 2.20. The van der Waals surface area contributed by atoms with Gasteiger partial charge in [0.05, 0.1) is 6.10 Å². The van der Waals surface area contributed by atoms with Crippen molar-refractivity contribution in [3.05, 3.63) is 29.5 Å². The second kappa shape index (κ2) is 7.09. The van der Waals surface area contributed by atoms with Crippen LogP contribution in [0.2, 0.25) is 0 Å². The second-order valence-electron chi connectivity index (χ2n) is 4.17. The Morgan fingerprint density at radius 2 is 2.11 bits per heavy atom. The van der Waals surface area contributed by atoms with E-state index >= 15 is 0 Å². The minimum absolute atomic E-state index is 0.0389. The maximum absolute atomic E-state index is 11.9. The van der Waals surface area contributed by atoms with E-state index in [9.17, 15) is 9.59 Å². The van der Waals surface area contributed by atoms with E-state index < -0.39 is 5.97 Å². The van der Waals surface area contributed by atoms with Gasteiger partial charge in [-0.05, 0) is 39.2 Å². The molecule has 0 saturated heterocycles. The number of thioether (sulfide) groups is 1. The Kier molecular flexibility index (Phi) is 5.76. The first-order chi connectivity index (χ1) is 8.95. The van der Waals surface area contributed by atoms with Crippen LogP contribution < -0.4 is 0 Å². The molecule has 0 aliphatic heterocycles. The Morgan fingerprint density at radius 1 is 1.42 bits per heavy atom. The minimum Gasteiger partial charge on any atom is -0.459 e. The number of aromatic nitrogens is 1. The summed E-state index contributed by atoms with van der Waals surface area (Å²) in [6, 6.07) is 3.57. The van der Waals surface area contributed by atoms with E-state index in [1.165, 1.54) is 24.8 Å². The molecule has 102 valence electrons. The first kappa shape index (κ1) is 15.4. The van der Waals surface area contributed by atoms with Gasteiger partial charge in [0.15, 0.2) is 5.78 Å². The van der Waals surface area contributed by atoms with Gasteiger partial charge in [-0.2, -0.15) is 0 Å². The Balaban J connectivity index is 3.15. The van der Waals surface area contributed by atoms with Gasteiger partial charge in [-0.15, -0.1) is 11.8 Å². The van der Waals surface area contributed by atoms with Crippen LogP contribution in [0.15, 0.2) is 28.9 Å². The molecule has 1 heterocycles. The summed E-state index contributed by atoms with van der Waals surface area (Å²) in [5.41, 5.74) is 0.776. The van der Waals surface area contributed by atoms with Crippen molar-refractivity contribution in [1.82, 2.24) is 4.98 Å². The minimum atomic E-state index is -0.599. The van der Waals surface area contributed by atoms with E-state index in [1.807, 2.05) is 12.3 Å². The largest absolute Gasteiger partial charge is 0.459 e. The number of pyridine rings is 1. The number of ketones is 1. The molecule has 0 saturated carbocycles. The lowest BCUT2D eigenvalue weighted by atomic mass is 10.1. The highest BCUT2D eigenvalue weighted by atomic mass is 32.2. The number of hydrogen-bond donors (Lipinski definition) is 0. The average Bonchev–Trinajstić information content (AvgIpc) is 2.34. The van der Waals surface area contributed by atoms with Crippen LogP contribution in [0.4, 0.5) is 0 Å². The maximum Gasteiger partial charge on any atom is 0.342 e. The van der Waals surface area contributed by atoms with E-state index in [-0.39, 0.29) is 17.5 Å². The lowest BCUT2D eigenvalue weighted by molar-refractivity contribution is -0.143. The molecular weight excluding hydrogens is 262 g/mol. The van der Waals surface area contributed by atoms with Crippen molar-refractivity contribution in [2.75, 3.05) is 6.26 Å². The zero-order chi connectivity index (χ0) is 14.4. The SMILES string of the molecule is CSc1ncccc1C=C(C(C)=O)C(=O)OC(C)C. The summed E-state index contributed by atoms with van der Waals surface area (Å²) in [6.45, 7) is 4.84. The summed E-state index contributed by atoms with van der Waals surface area (Å²) >= 11 is 1.46. The standard InChI is InChI=1S/C14H17NO3S/c1-9(2)18-14(17)12(10(3)16)8-11-6-5-7-15-13(11)19-4/h5-9H,1-4H3. The summed E-state index contributed by atoms with van der Waals surface area (Å²) in [5, 5.41) is 0.763. The summed E-state index contributed by atoms with van der Waals surface area (Å²) in [7, 11) is 0. The summed E-state index contributed by atoms with van der Waals surface area (Å²) < 4.78 is 5.06. The normalized spacial score (nSPS) is 11.5. The fourth-order valence-electron chi connectivity index (χ4n) is 1.42. The predicted octanol–water partition coefficient (Wildman–Crippen LogP) is 2.73. The quantitative estimate of drug-likeness (QED) is 0.273. The lowest BCUT2D eigenvalue weighted by Crippen LogP contribution is -2.17. The van der Waals surface area contributed by atoms with Gasteiger partial charge in [-0.1, -0.05) is 6.07 Å². The van der Waals surface area contributed by atoms with Crippen LogP contribution in [0.3, 0.4) is 0 Å². The van der Waals surface area contributed by atoms with E-state index in [0.717, 1.165) is 10.6 Å². The number of hydrogen-bond acceptors (Lipinski definition) is 5. The molecular formula is C14H17NO3S. The first-order valence-corrected chi connectivity index (χ1v) is 7.10. The zero-order valence-electron chi connectivity index (χ0n) is 11.5. The van der Waals surface area contributed by atoms with Gasteiger partial charge in [-0.3, -0.25) is 4.79 Å². The summed E-state index contributed by atoms with van der Waals surface area (Å²) in [6.07, 6.45) is 4.83. The van der Waals surface area contributed by atoms with Gasteiger partial charge >= 0.3 is 5.97 Å². The molecule has 1 aromatic rings. The first-order valence-electron chi connectivity index (χ1n) is 5.88. The number of carbonyl (C=O) groups excluding carboxylic acids is 2. The number of rotatable bonds is 5. The Hall–Kier alpha value is -1.62. The number of esters is 1. The van der Waals surface area contributed by atoms with Crippen LogP contribution in [0, 0.1) is 0 Å². The monoisotopic (exact) mass is 279 g/mol. The molecule has 19 heavy (non-hydrogen) atoms. The molecule has 0 spiro atoms. The molecule has 5 heteroatoms. The average molecular weight is 279 g/mol. The molecule has 0 radical (unpaired) electrons. The highest BCUT2D eigenvalue weighted by molar-refractivity contribution is 7.98. The van der Waals surface area contributed by atoms with E-state index in [2.05, 4.69) is 4.98 Å². The molecule has 0 bridgehead atoms. The number of ether oxygens (including phenoxy) is 1. The third-order valence-electron chi connectivity index (χ3n) is 2.24. The van der Waals surface area contributed by atoms with Crippen LogP contribution in [-0.4, -0.2) is 29.1 Å². The molecule has 4 nitrogen and oxygen atoms in total. The van der Waals surface area contributed by atoms with E-state index in [1.54, 1.807) is 26.1 Å². The van der Waals surface area contributed by atoms with Crippen molar-refractivity contribution in [3.63, 3.8) is 0 Å². The summed E-state index contributed by atoms with van der Waals surface area (Å²) in [5.74, 6) is -0.917. The highest BCUT2D eigenvalue weighted by Gasteiger charge is 2.18. The molecule has 1 aromatic heterocycles. The van der Waals surface area contributed by atoms with Crippen LogP contribution in [0.5, 0.6) is 0 Å². The second-order valence-corrected chi connectivity index (χ2v) is 4.97. The van der Waals surface area contributed by atoms with Crippen LogP contribution >= 0.6 is 11.8 Å². The fourth-order valence-corrected chi connectivity index (χ4v) is 1.95. The van der Waals surface area contributed by atoms with Gasteiger partial charge in [-0.25, -0.2) is 9.78 Å². The van der Waals surface area contributed by atoms with Crippen molar-refractivity contribution < 1.29 is 14.3 Å². The molecule has 0 aromatic carbocycles. The van der Waals surface area contributed by atoms with Crippen LogP contribution in [-0.2, 0) is 14.3 Å².